The zero-order valence-corrected chi connectivity index (χ0v) is 16.5. The Morgan fingerprint density at radius 1 is 0.933 bits per heavy atom. The number of amides is 4. The minimum absolute atomic E-state index is 0.0695. The number of likely N-dealkylation sites (N-methyl/N-ethyl adjacent to an activating group) is 2. The molecule has 1 aliphatic rings. The first-order valence-corrected chi connectivity index (χ1v) is 9.30. The lowest BCUT2D eigenvalue weighted by Crippen LogP contribution is -2.52. The van der Waals surface area contributed by atoms with Gasteiger partial charge in [-0.05, 0) is 23.8 Å². The molecule has 7 nitrogen and oxygen atoms in total. The van der Waals surface area contributed by atoms with Crippen molar-refractivity contribution in [2.45, 2.75) is 6.54 Å². The Labute approximate surface area is 173 Å². The van der Waals surface area contributed by atoms with Gasteiger partial charge in [-0.2, -0.15) is 5.26 Å². The Bertz CT molecular complexity index is 1250. The van der Waals surface area contributed by atoms with Crippen LogP contribution in [0.4, 0.5) is 4.79 Å². The number of para-hydroxylation sites is 1. The molecule has 1 aromatic heterocycles. The van der Waals surface area contributed by atoms with Crippen LogP contribution in [0.2, 0.25) is 0 Å². The molecule has 0 aliphatic carbocycles. The lowest BCUT2D eigenvalue weighted by atomic mass is 10.1. The van der Waals surface area contributed by atoms with Crippen molar-refractivity contribution in [3.05, 3.63) is 77.0 Å². The minimum Gasteiger partial charge on any atom is -0.342 e. The molecule has 30 heavy (non-hydrogen) atoms. The highest BCUT2D eigenvalue weighted by atomic mass is 16.2. The van der Waals surface area contributed by atoms with Crippen LogP contribution in [-0.4, -0.2) is 46.3 Å². The van der Waals surface area contributed by atoms with Crippen LogP contribution in [-0.2, 0) is 16.1 Å². The van der Waals surface area contributed by atoms with Crippen molar-refractivity contribution in [1.82, 2.24) is 14.4 Å². The van der Waals surface area contributed by atoms with Crippen molar-refractivity contribution in [1.29, 1.82) is 5.26 Å². The highest BCUT2D eigenvalue weighted by molar-refractivity contribution is 6.31. The number of fused-ring (bicyclic) bond motifs is 1. The quantitative estimate of drug-likeness (QED) is 0.501. The maximum absolute atomic E-state index is 12.6. The number of hydrogen-bond acceptors (Lipinski definition) is 4. The van der Waals surface area contributed by atoms with Crippen molar-refractivity contribution >= 4 is 34.8 Å². The lowest BCUT2D eigenvalue weighted by Gasteiger charge is -2.28. The van der Waals surface area contributed by atoms with Crippen LogP contribution < -0.4 is 0 Å². The molecule has 2 aromatic carbocycles. The van der Waals surface area contributed by atoms with E-state index in [4.69, 9.17) is 0 Å². The van der Waals surface area contributed by atoms with Crippen LogP contribution in [0.15, 0.2) is 60.3 Å². The summed E-state index contributed by atoms with van der Waals surface area (Å²) in [6.45, 7) is 0.466. The van der Waals surface area contributed by atoms with Crippen LogP contribution >= 0.6 is 0 Å². The molecule has 0 N–H and O–H groups in total. The third-order valence-corrected chi connectivity index (χ3v) is 5.24. The van der Waals surface area contributed by atoms with E-state index in [9.17, 15) is 19.6 Å². The molecule has 1 aliphatic heterocycles. The van der Waals surface area contributed by atoms with Crippen LogP contribution in [0, 0.1) is 11.3 Å². The maximum atomic E-state index is 12.6. The number of imide groups is 2. The van der Waals surface area contributed by atoms with E-state index in [0.29, 0.717) is 17.7 Å². The normalized spacial score (nSPS) is 14.4. The Kier molecular flexibility index (Phi) is 4.68. The number of nitrogens with zero attached hydrogens (tertiary/aromatic N) is 4. The van der Waals surface area contributed by atoms with Crippen molar-refractivity contribution in [2.24, 2.45) is 0 Å². The summed E-state index contributed by atoms with van der Waals surface area (Å²) in [7, 11) is 2.70. The second kappa shape index (κ2) is 7.33. The molecule has 2 heterocycles. The number of barbiturate groups is 1. The predicted octanol–water partition coefficient (Wildman–Crippen LogP) is 3.00. The van der Waals surface area contributed by atoms with Crippen LogP contribution in [0.1, 0.15) is 16.7 Å². The first-order chi connectivity index (χ1) is 14.4. The number of carbonyl (C=O) groups excluding carboxylic acids is 3. The van der Waals surface area contributed by atoms with Crippen molar-refractivity contribution in [2.75, 3.05) is 14.1 Å². The molecule has 148 valence electrons. The van der Waals surface area contributed by atoms with Gasteiger partial charge in [0.15, 0.2) is 0 Å². The molecule has 0 spiro atoms. The molecule has 1 fully saturated rings. The Morgan fingerprint density at radius 2 is 1.57 bits per heavy atom. The van der Waals surface area contributed by atoms with E-state index in [1.807, 2.05) is 53.2 Å². The zero-order valence-electron chi connectivity index (χ0n) is 16.5. The third kappa shape index (κ3) is 3.05. The fourth-order valence-corrected chi connectivity index (χ4v) is 3.60. The van der Waals surface area contributed by atoms with E-state index in [-0.39, 0.29) is 5.57 Å². The van der Waals surface area contributed by atoms with Gasteiger partial charge in [0.1, 0.15) is 5.57 Å². The summed E-state index contributed by atoms with van der Waals surface area (Å²) >= 11 is 0. The Morgan fingerprint density at radius 3 is 2.27 bits per heavy atom. The second-order valence-corrected chi connectivity index (χ2v) is 7.07. The summed E-state index contributed by atoms with van der Waals surface area (Å²) in [5.41, 5.74) is 2.99. The summed E-state index contributed by atoms with van der Waals surface area (Å²) < 4.78 is 1.98. The number of carbonyl (C=O) groups is 3. The number of hydrogen-bond donors (Lipinski definition) is 0. The van der Waals surface area contributed by atoms with E-state index in [0.717, 1.165) is 26.3 Å². The molecular formula is C23H18N4O3. The standard InChI is InChI=1S/C23H18N4O3/c1-25-21(28)19(22(29)26(2)23(25)30)11-17-14-27(20-10-6-5-9-18(17)20)13-16-8-4-3-7-15(16)12-24/h3-11,14H,13H2,1-2H3. The van der Waals surface area contributed by atoms with Gasteiger partial charge in [0, 0.05) is 43.3 Å². The molecule has 0 atom stereocenters. The van der Waals surface area contributed by atoms with Crippen LogP contribution in [0.5, 0.6) is 0 Å². The van der Waals surface area contributed by atoms with Gasteiger partial charge in [-0.25, -0.2) is 4.79 Å². The summed E-state index contributed by atoms with van der Waals surface area (Å²) in [5.74, 6) is -1.26. The fourth-order valence-electron chi connectivity index (χ4n) is 3.60. The van der Waals surface area contributed by atoms with Crippen molar-refractivity contribution in [3.8, 4) is 6.07 Å². The highest BCUT2D eigenvalue weighted by Gasteiger charge is 2.37. The highest BCUT2D eigenvalue weighted by Crippen LogP contribution is 2.27. The maximum Gasteiger partial charge on any atom is 0.333 e. The average molecular weight is 398 g/mol. The van der Waals surface area contributed by atoms with Gasteiger partial charge in [-0.3, -0.25) is 19.4 Å². The summed E-state index contributed by atoms with van der Waals surface area (Å²) in [6.07, 6.45) is 3.38. The Balaban J connectivity index is 1.83. The monoisotopic (exact) mass is 398 g/mol. The largest absolute Gasteiger partial charge is 0.342 e. The minimum atomic E-state index is -0.655. The predicted molar refractivity (Wildman–Crippen MR) is 111 cm³/mol. The van der Waals surface area contributed by atoms with E-state index < -0.39 is 17.8 Å². The first kappa shape index (κ1) is 19.2. The SMILES string of the molecule is CN1C(=O)C(=Cc2cn(Cc3ccccc3C#N)c3ccccc23)C(=O)N(C)C1=O. The fraction of sp³-hybridized carbons (Fsp3) is 0.130. The van der Waals surface area contributed by atoms with Crippen LogP contribution in [0.25, 0.3) is 17.0 Å². The molecule has 0 unspecified atom stereocenters. The average Bonchev–Trinajstić information content (AvgIpc) is 3.11. The number of urea groups is 1. The second-order valence-electron chi connectivity index (χ2n) is 7.07. The molecule has 0 bridgehead atoms. The zero-order chi connectivity index (χ0) is 21.4. The van der Waals surface area contributed by atoms with E-state index in [1.165, 1.54) is 20.2 Å². The van der Waals surface area contributed by atoms with Gasteiger partial charge in [0.25, 0.3) is 11.8 Å². The summed E-state index contributed by atoms with van der Waals surface area (Å²) in [4.78, 5) is 38.9. The first-order valence-electron chi connectivity index (χ1n) is 9.30. The smallest absolute Gasteiger partial charge is 0.333 e. The molecule has 1 saturated heterocycles. The van der Waals surface area contributed by atoms with E-state index >= 15 is 0 Å². The lowest BCUT2D eigenvalue weighted by molar-refractivity contribution is -0.134. The third-order valence-electron chi connectivity index (χ3n) is 5.24. The van der Waals surface area contributed by atoms with Gasteiger partial charge in [0.05, 0.1) is 11.6 Å². The summed E-state index contributed by atoms with van der Waals surface area (Å²) in [6, 6.07) is 16.6. The Hall–Kier alpha value is -4.18. The summed E-state index contributed by atoms with van der Waals surface area (Å²) in [5, 5.41) is 10.2. The topological polar surface area (TPSA) is 86.4 Å². The van der Waals surface area contributed by atoms with Gasteiger partial charge >= 0.3 is 6.03 Å². The molecule has 3 aromatic rings. The molecule has 4 rings (SSSR count). The van der Waals surface area contributed by atoms with Crippen LogP contribution in [0.3, 0.4) is 0 Å². The van der Waals surface area contributed by atoms with Gasteiger partial charge in [-0.1, -0.05) is 36.4 Å². The molecular weight excluding hydrogens is 380 g/mol. The van der Waals surface area contributed by atoms with Crippen molar-refractivity contribution < 1.29 is 14.4 Å². The van der Waals surface area contributed by atoms with E-state index in [2.05, 4.69) is 6.07 Å². The van der Waals surface area contributed by atoms with Gasteiger partial charge < -0.3 is 4.57 Å². The van der Waals surface area contributed by atoms with E-state index in [1.54, 1.807) is 6.07 Å². The number of nitriles is 1. The van der Waals surface area contributed by atoms with Gasteiger partial charge in [-0.15, -0.1) is 0 Å². The number of rotatable bonds is 3. The van der Waals surface area contributed by atoms with Gasteiger partial charge in [0.2, 0.25) is 0 Å². The number of benzene rings is 2. The molecule has 0 saturated carbocycles. The number of aromatic nitrogens is 1. The van der Waals surface area contributed by atoms with Crippen molar-refractivity contribution in [3.63, 3.8) is 0 Å². The molecule has 0 radical (unpaired) electrons. The molecule has 7 heteroatoms. The molecule has 4 amide bonds.